The molecule has 162 valence electrons. The minimum atomic E-state index is -0.565. The van der Waals surface area contributed by atoms with Crippen LogP contribution in [0.2, 0.25) is 0 Å². The molecule has 0 radical (unpaired) electrons. The van der Waals surface area contributed by atoms with E-state index < -0.39 is 5.97 Å². The fraction of sp³-hybridized carbons (Fsp3) is 0.583. The van der Waals surface area contributed by atoms with E-state index in [-0.39, 0.29) is 23.6 Å². The van der Waals surface area contributed by atoms with Gasteiger partial charge < -0.3 is 10.1 Å². The summed E-state index contributed by atoms with van der Waals surface area (Å²) >= 11 is 0. The van der Waals surface area contributed by atoms with Crippen LogP contribution in [0.1, 0.15) is 61.1 Å². The highest BCUT2D eigenvalue weighted by molar-refractivity contribution is 5.95. The number of benzene rings is 1. The number of aryl methyl sites for hydroxylation is 1. The fourth-order valence-corrected chi connectivity index (χ4v) is 7.02. The highest BCUT2D eigenvalue weighted by Crippen LogP contribution is 2.55. The number of fused-ring (bicyclic) bond motifs is 2. The Balaban J connectivity index is 1.13. The first-order valence-electron chi connectivity index (χ1n) is 11.5. The third-order valence-corrected chi connectivity index (χ3v) is 7.83. The maximum atomic E-state index is 12.6. The van der Waals surface area contributed by atoms with E-state index in [4.69, 9.17) is 4.74 Å². The Bertz CT molecular complexity index is 1120. The molecule has 2 heterocycles. The van der Waals surface area contributed by atoms with Gasteiger partial charge in [-0.3, -0.25) is 14.2 Å². The van der Waals surface area contributed by atoms with Gasteiger partial charge in [-0.1, -0.05) is 0 Å². The fourth-order valence-electron chi connectivity index (χ4n) is 7.02. The molecule has 2 aromatic rings. The van der Waals surface area contributed by atoms with Crippen molar-refractivity contribution in [2.75, 3.05) is 6.61 Å². The summed E-state index contributed by atoms with van der Waals surface area (Å²) in [7, 11) is 0. The van der Waals surface area contributed by atoms with Crippen LogP contribution in [-0.4, -0.2) is 33.6 Å². The van der Waals surface area contributed by atoms with Crippen molar-refractivity contribution in [3.8, 4) is 0 Å². The van der Waals surface area contributed by atoms with E-state index in [1.165, 1.54) is 19.3 Å². The minimum absolute atomic E-state index is 0.0626. The number of hydrogen-bond donors (Lipinski definition) is 1. The van der Waals surface area contributed by atoms with Gasteiger partial charge in [-0.05, 0) is 80.9 Å². The summed E-state index contributed by atoms with van der Waals surface area (Å²) in [5.41, 5.74) is 0.663. The van der Waals surface area contributed by atoms with Crippen molar-refractivity contribution in [3.05, 3.63) is 39.9 Å². The van der Waals surface area contributed by atoms with Gasteiger partial charge in [0.1, 0.15) is 5.82 Å². The third kappa shape index (κ3) is 3.25. The molecular formula is C24H27N3O4. The molecule has 0 unspecified atom stereocenters. The standard InChI is InChI=1S/C24H27N3O4/c28-21(26-24-10-14-6-15(11-24)8-16(7-14)12-24)13-31-23(30)17-3-4-18-19(9-17)25-20-2-1-5-27(20)22(18)29/h3-4,9,14-16H,1-2,5-8,10-13H2,(H,26,28). The van der Waals surface area contributed by atoms with Crippen LogP contribution in [0.25, 0.3) is 10.9 Å². The lowest BCUT2D eigenvalue weighted by Gasteiger charge is -2.56. The molecule has 5 aliphatic rings. The Hall–Kier alpha value is -2.70. The van der Waals surface area contributed by atoms with Gasteiger partial charge in [-0.25, -0.2) is 9.78 Å². The monoisotopic (exact) mass is 421 g/mol. The number of esters is 1. The number of ether oxygens (including phenoxy) is 1. The number of carbonyl (C=O) groups excluding carboxylic acids is 2. The molecule has 4 saturated carbocycles. The topological polar surface area (TPSA) is 90.3 Å². The number of rotatable bonds is 4. The number of nitrogens with one attached hydrogen (secondary N) is 1. The summed E-state index contributed by atoms with van der Waals surface area (Å²) in [5.74, 6) is 2.20. The maximum absolute atomic E-state index is 12.6. The average Bonchev–Trinajstić information content (AvgIpc) is 3.19. The smallest absolute Gasteiger partial charge is 0.338 e. The number of amides is 1. The maximum Gasteiger partial charge on any atom is 0.338 e. The Labute approximate surface area is 180 Å². The van der Waals surface area contributed by atoms with Crippen molar-refractivity contribution >= 4 is 22.8 Å². The second kappa shape index (κ2) is 6.90. The number of aromatic nitrogens is 2. The van der Waals surface area contributed by atoms with Gasteiger partial charge in [0, 0.05) is 18.5 Å². The molecule has 7 heteroatoms. The molecule has 31 heavy (non-hydrogen) atoms. The van der Waals surface area contributed by atoms with E-state index in [9.17, 15) is 14.4 Å². The van der Waals surface area contributed by atoms with E-state index in [1.807, 2.05) is 0 Å². The molecule has 1 aromatic heterocycles. The summed E-state index contributed by atoms with van der Waals surface area (Å²) in [6, 6.07) is 4.80. The van der Waals surface area contributed by atoms with Gasteiger partial charge in [0.05, 0.1) is 16.5 Å². The van der Waals surface area contributed by atoms with Gasteiger partial charge >= 0.3 is 5.97 Å². The zero-order chi connectivity index (χ0) is 21.2. The second-order valence-corrected chi connectivity index (χ2v) is 10.1. The molecule has 0 saturated heterocycles. The molecule has 7 rings (SSSR count). The van der Waals surface area contributed by atoms with Crippen LogP contribution in [0.4, 0.5) is 0 Å². The Morgan fingerprint density at radius 1 is 1.13 bits per heavy atom. The largest absolute Gasteiger partial charge is 0.452 e. The first-order chi connectivity index (χ1) is 15.0. The summed E-state index contributed by atoms with van der Waals surface area (Å²) in [5, 5.41) is 3.73. The number of hydrogen-bond acceptors (Lipinski definition) is 5. The van der Waals surface area contributed by atoms with E-state index in [0.29, 0.717) is 23.0 Å². The van der Waals surface area contributed by atoms with E-state index >= 15 is 0 Å². The number of nitrogens with zero attached hydrogens (tertiary/aromatic N) is 2. The van der Waals surface area contributed by atoms with Crippen LogP contribution >= 0.6 is 0 Å². The molecule has 0 atom stereocenters. The van der Waals surface area contributed by atoms with Crippen LogP contribution in [-0.2, 0) is 22.5 Å². The summed E-state index contributed by atoms with van der Waals surface area (Å²) < 4.78 is 7.02. The molecule has 1 aliphatic heterocycles. The van der Waals surface area contributed by atoms with Crippen LogP contribution in [0, 0.1) is 17.8 Å². The average molecular weight is 421 g/mol. The van der Waals surface area contributed by atoms with Crippen LogP contribution in [0.5, 0.6) is 0 Å². The van der Waals surface area contributed by atoms with Gasteiger partial charge in [-0.2, -0.15) is 0 Å². The van der Waals surface area contributed by atoms with Crippen molar-refractivity contribution in [1.82, 2.24) is 14.9 Å². The highest BCUT2D eigenvalue weighted by atomic mass is 16.5. The first kappa shape index (κ1) is 19.0. The minimum Gasteiger partial charge on any atom is -0.452 e. The van der Waals surface area contributed by atoms with Crippen LogP contribution in [0.15, 0.2) is 23.0 Å². The zero-order valence-corrected chi connectivity index (χ0v) is 17.6. The Morgan fingerprint density at radius 2 is 1.84 bits per heavy atom. The molecule has 4 bridgehead atoms. The van der Waals surface area contributed by atoms with Crippen molar-refractivity contribution < 1.29 is 14.3 Å². The van der Waals surface area contributed by atoms with Crippen LogP contribution < -0.4 is 10.9 Å². The number of carbonyl (C=O) groups is 2. The Morgan fingerprint density at radius 3 is 2.55 bits per heavy atom. The van der Waals surface area contributed by atoms with Crippen molar-refractivity contribution in [2.45, 2.75) is 63.5 Å². The SMILES string of the molecule is O=C(COC(=O)c1ccc2c(=O)n3c(nc2c1)CCC3)NC12CC3CC(CC(C3)C1)C2. The molecule has 4 fully saturated rings. The normalized spacial score (nSPS) is 30.4. The summed E-state index contributed by atoms with van der Waals surface area (Å²) in [4.78, 5) is 42.3. The van der Waals surface area contributed by atoms with Crippen molar-refractivity contribution in [2.24, 2.45) is 17.8 Å². The van der Waals surface area contributed by atoms with Gasteiger partial charge in [0.2, 0.25) is 0 Å². The zero-order valence-electron chi connectivity index (χ0n) is 17.6. The second-order valence-electron chi connectivity index (χ2n) is 10.1. The summed E-state index contributed by atoms with van der Waals surface area (Å²) in [6.07, 6.45) is 8.81. The van der Waals surface area contributed by atoms with Crippen LogP contribution in [0.3, 0.4) is 0 Å². The van der Waals surface area contributed by atoms with E-state index in [1.54, 1.807) is 22.8 Å². The molecular weight excluding hydrogens is 394 g/mol. The lowest BCUT2D eigenvalue weighted by Crippen LogP contribution is -2.60. The van der Waals surface area contributed by atoms with Gasteiger partial charge in [0.25, 0.3) is 11.5 Å². The molecule has 0 spiro atoms. The molecule has 7 nitrogen and oxygen atoms in total. The summed E-state index contributed by atoms with van der Waals surface area (Å²) in [6.45, 7) is 0.415. The van der Waals surface area contributed by atoms with E-state index in [2.05, 4.69) is 10.3 Å². The molecule has 4 aliphatic carbocycles. The van der Waals surface area contributed by atoms with Gasteiger partial charge in [-0.15, -0.1) is 0 Å². The van der Waals surface area contributed by atoms with E-state index in [0.717, 1.165) is 55.7 Å². The lowest BCUT2D eigenvalue weighted by molar-refractivity contribution is -0.130. The quantitative estimate of drug-likeness (QED) is 0.767. The third-order valence-electron chi connectivity index (χ3n) is 7.83. The predicted octanol–water partition coefficient (Wildman–Crippen LogP) is 2.58. The van der Waals surface area contributed by atoms with Crippen molar-refractivity contribution in [1.29, 1.82) is 0 Å². The van der Waals surface area contributed by atoms with Gasteiger partial charge in [0.15, 0.2) is 6.61 Å². The molecule has 1 aromatic carbocycles. The first-order valence-corrected chi connectivity index (χ1v) is 11.5. The lowest BCUT2D eigenvalue weighted by atomic mass is 9.53. The molecule has 1 N–H and O–H groups in total. The predicted molar refractivity (Wildman–Crippen MR) is 114 cm³/mol. The Kier molecular flexibility index (Phi) is 4.24. The highest BCUT2D eigenvalue weighted by Gasteiger charge is 2.51. The van der Waals surface area contributed by atoms with Crippen molar-refractivity contribution in [3.63, 3.8) is 0 Å². The molecule has 1 amide bonds.